The first kappa shape index (κ1) is 16.5. The third-order valence-corrected chi connectivity index (χ3v) is 3.15. The van der Waals surface area contributed by atoms with Gasteiger partial charge in [0.05, 0.1) is 13.2 Å². The minimum atomic E-state index is -0.226. The Morgan fingerprint density at radius 1 is 1.35 bits per heavy atom. The number of nitrogens with zero attached hydrogens (tertiary/aromatic N) is 1. The van der Waals surface area contributed by atoms with Crippen LogP contribution in [0, 0.1) is 0 Å². The van der Waals surface area contributed by atoms with Gasteiger partial charge in [0, 0.05) is 32.1 Å². The predicted molar refractivity (Wildman–Crippen MR) is 77.4 cm³/mol. The second kappa shape index (κ2) is 8.55. The average Bonchev–Trinajstić information content (AvgIpc) is 2.42. The maximum atomic E-state index is 11.8. The van der Waals surface area contributed by atoms with Crippen molar-refractivity contribution in [1.82, 2.24) is 10.2 Å². The Morgan fingerprint density at radius 3 is 2.65 bits per heavy atom. The molecule has 1 rings (SSSR count). The average molecular weight is 299 g/mol. The smallest absolute Gasteiger partial charge is 0.239 e. The lowest BCUT2D eigenvalue weighted by Crippen LogP contribution is -2.41. The zero-order chi connectivity index (χ0) is 15.0. The summed E-state index contributed by atoms with van der Waals surface area (Å²) < 4.78 is 4.91. The number of halogens is 1. The summed E-state index contributed by atoms with van der Waals surface area (Å²) in [4.78, 5) is 24.6. The topological polar surface area (TPSA) is 58.6 Å². The Balaban J connectivity index is 2.46. The van der Waals surface area contributed by atoms with E-state index in [1.165, 1.54) is 11.8 Å². The summed E-state index contributed by atoms with van der Waals surface area (Å²) >= 11 is 6.00. The summed E-state index contributed by atoms with van der Waals surface area (Å²) in [5.41, 5.74) is 0.841. The van der Waals surface area contributed by atoms with Crippen molar-refractivity contribution >= 4 is 23.4 Å². The van der Waals surface area contributed by atoms with Crippen molar-refractivity contribution in [2.45, 2.75) is 13.5 Å². The molecule has 0 bridgehead atoms. The lowest BCUT2D eigenvalue weighted by atomic mass is 10.2. The highest BCUT2D eigenvalue weighted by molar-refractivity contribution is 6.31. The normalized spacial score (nSPS) is 10.2. The Hall–Kier alpha value is -1.59. The van der Waals surface area contributed by atoms with Crippen LogP contribution in [-0.2, 0) is 20.9 Å². The second-order valence-corrected chi connectivity index (χ2v) is 4.71. The Labute approximate surface area is 123 Å². The van der Waals surface area contributed by atoms with E-state index in [9.17, 15) is 9.59 Å². The highest BCUT2D eigenvalue weighted by atomic mass is 35.5. The molecule has 0 fully saturated rings. The van der Waals surface area contributed by atoms with Crippen LogP contribution < -0.4 is 5.32 Å². The van der Waals surface area contributed by atoms with Crippen molar-refractivity contribution in [3.05, 3.63) is 34.9 Å². The minimum absolute atomic E-state index is 0.0170. The molecule has 0 aliphatic heterocycles. The molecule has 0 aliphatic rings. The molecule has 0 saturated heterocycles. The number of methoxy groups -OCH3 is 1. The molecule has 1 aromatic carbocycles. The first-order chi connectivity index (χ1) is 9.54. The van der Waals surface area contributed by atoms with Gasteiger partial charge in [-0.1, -0.05) is 29.8 Å². The molecule has 0 radical (unpaired) electrons. The Kier molecular flexibility index (Phi) is 7.04. The van der Waals surface area contributed by atoms with Crippen molar-refractivity contribution in [2.75, 3.05) is 26.8 Å². The van der Waals surface area contributed by atoms with Gasteiger partial charge in [0.25, 0.3) is 0 Å². The van der Waals surface area contributed by atoms with E-state index in [1.807, 2.05) is 18.2 Å². The van der Waals surface area contributed by atoms with Gasteiger partial charge in [0.15, 0.2) is 0 Å². The molecular weight excluding hydrogens is 280 g/mol. The number of amides is 2. The fourth-order valence-corrected chi connectivity index (χ4v) is 1.82. The number of rotatable bonds is 7. The molecule has 0 spiro atoms. The van der Waals surface area contributed by atoms with Crippen LogP contribution in [0.4, 0.5) is 0 Å². The number of carbonyl (C=O) groups is 2. The van der Waals surface area contributed by atoms with Gasteiger partial charge in [-0.15, -0.1) is 0 Å². The molecule has 0 unspecified atom stereocenters. The third-order valence-electron chi connectivity index (χ3n) is 2.78. The monoisotopic (exact) mass is 298 g/mol. The van der Waals surface area contributed by atoms with Gasteiger partial charge in [-0.2, -0.15) is 0 Å². The predicted octanol–water partition coefficient (Wildman–Crippen LogP) is 1.45. The molecule has 0 atom stereocenters. The van der Waals surface area contributed by atoms with Crippen molar-refractivity contribution in [2.24, 2.45) is 0 Å². The van der Waals surface area contributed by atoms with Crippen LogP contribution in [0.15, 0.2) is 24.3 Å². The van der Waals surface area contributed by atoms with E-state index in [-0.39, 0.29) is 18.4 Å². The SMILES string of the molecule is COCCN(CC(=O)NCc1ccccc1Cl)C(C)=O. The fourth-order valence-electron chi connectivity index (χ4n) is 1.61. The molecule has 20 heavy (non-hydrogen) atoms. The number of carbonyl (C=O) groups excluding carboxylic acids is 2. The molecule has 2 amide bonds. The molecule has 0 aliphatic carbocycles. The number of ether oxygens (including phenoxy) is 1. The van der Waals surface area contributed by atoms with Gasteiger partial charge in [-0.3, -0.25) is 9.59 Å². The molecule has 1 N–H and O–H groups in total. The quantitative estimate of drug-likeness (QED) is 0.829. The number of benzene rings is 1. The zero-order valence-electron chi connectivity index (χ0n) is 11.7. The number of hydrogen-bond acceptors (Lipinski definition) is 3. The molecular formula is C14H19ClN2O3. The first-order valence-corrected chi connectivity index (χ1v) is 6.67. The summed E-state index contributed by atoms with van der Waals surface area (Å²) in [7, 11) is 1.55. The van der Waals surface area contributed by atoms with E-state index < -0.39 is 0 Å². The molecule has 1 aromatic rings. The van der Waals surface area contributed by atoms with Crippen LogP contribution in [0.1, 0.15) is 12.5 Å². The lowest BCUT2D eigenvalue weighted by molar-refractivity contribution is -0.135. The highest BCUT2D eigenvalue weighted by Crippen LogP contribution is 2.14. The summed E-state index contributed by atoms with van der Waals surface area (Å²) in [6.07, 6.45) is 0. The molecule has 0 aromatic heterocycles. The molecule has 110 valence electrons. The van der Waals surface area contributed by atoms with Gasteiger partial charge >= 0.3 is 0 Å². The van der Waals surface area contributed by atoms with E-state index >= 15 is 0 Å². The fraction of sp³-hybridized carbons (Fsp3) is 0.429. The van der Waals surface area contributed by atoms with Crippen molar-refractivity contribution in [3.63, 3.8) is 0 Å². The van der Waals surface area contributed by atoms with Crippen LogP contribution in [0.5, 0.6) is 0 Å². The van der Waals surface area contributed by atoms with Crippen LogP contribution in [0.2, 0.25) is 5.02 Å². The second-order valence-electron chi connectivity index (χ2n) is 4.30. The first-order valence-electron chi connectivity index (χ1n) is 6.29. The standard InChI is InChI=1S/C14H19ClN2O3/c1-11(18)17(7-8-20-2)10-14(19)16-9-12-5-3-4-6-13(12)15/h3-6H,7-10H2,1-2H3,(H,16,19). The van der Waals surface area contributed by atoms with E-state index in [2.05, 4.69) is 5.32 Å². The van der Waals surface area contributed by atoms with Crippen LogP contribution in [0.25, 0.3) is 0 Å². The molecule has 0 saturated carbocycles. The third kappa shape index (κ3) is 5.59. The number of hydrogen-bond donors (Lipinski definition) is 1. The number of nitrogens with one attached hydrogen (secondary N) is 1. The van der Waals surface area contributed by atoms with Crippen LogP contribution in [-0.4, -0.2) is 43.5 Å². The van der Waals surface area contributed by atoms with E-state index in [1.54, 1.807) is 13.2 Å². The lowest BCUT2D eigenvalue weighted by Gasteiger charge is -2.20. The highest BCUT2D eigenvalue weighted by Gasteiger charge is 2.13. The summed E-state index contributed by atoms with van der Waals surface area (Å²) in [5.74, 6) is -0.383. The van der Waals surface area contributed by atoms with Gasteiger partial charge < -0.3 is 15.0 Å². The van der Waals surface area contributed by atoms with Crippen LogP contribution >= 0.6 is 11.6 Å². The van der Waals surface area contributed by atoms with Gasteiger partial charge in [0.2, 0.25) is 11.8 Å². The van der Waals surface area contributed by atoms with Crippen molar-refractivity contribution < 1.29 is 14.3 Å². The van der Waals surface area contributed by atoms with E-state index in [4.69, 9.17) is 16.3 Å². The Bertz CT molecular complexity index is 465. The summed E-state index contributed by atoms with van der Waals surface area (Å²) in [6.45, 7) is 2.58. The van der Waals surface area contributed by atoms with Crippen molar-refractivity contribution in [3.8, 4) is 0 Å². The molecule has 6 heteroatoms. The van der Waals surface area contributed by atoms with Gasteiger partial charge in [-0.25, -0.2) is 0 Å². The Morgan fingerprint density at radius 2 is 2.05 bits per heavy atom. The minimum Gasteiger partial charge on any atom is -0.383 e. The largest absolute Gasteiger partial charge is 0.383 e. The van der Waals surface area contributed by atoms with Gasteiger partial charge in [-0.05, 0) is 11.6 Å². The maximum Gasteiger partial charge on any atom is 0.239 e. The molecule has 5 nitrogen and oxygen atoms in total. The zero-order valence-corrected chi connectivity index (χ0v) is 12.4. The van der Waals surface area contributed by atoms with Gasteiger partial charge in [0.1, 0.15) is 0 Å². The molecule has 0 heterocycles. The van der Waals surface area contributed by atoms with Crippen LogP contribution in [0.3, 0.4) is 0 Å². The van der Waals surface area contributed by atoms with E-state index in [0.717, 1.165) is 5.56 Å². The summed E-state index contributed by atoms with van der Waals surface area (Å²) in [5, 5.41) is 3.35. The maximum absolute atomic E-state index is 11.8. The summed E-state index contributed by atoms with van der Waals surface area (Å²) in [6, 6.07) is 7.30. The van der Waals surface area contributed by atoms with Crippen molar-refractivity contribution in [1.29, 1.82) is 0 Å². The van der Waals surface area contributed by atoms with E-state index in [0.29, 0.717) is 24.7 Å².